The highest BCUT2D eigenvalue weighted by atomic mass is 14.5. The fraction of sp³-hybridized carbons (Fsp3) is 0.556. The first kappa shape index (κ1) is 9.44. The molecule has 0 saturated carbocycles. The van der Waals surface area contributed by atoms with Gasteiger partial charge in [0.1, 0.15) is 0 Å². The van der Waals surface area contributed by atoms with E-state index in [1.165, 1.54) is 12.8 Å². The summed E-state index contributed by atoms with van der Waals surface area (Å²) in [5.41, 5.74) is 5.34. The van der Waals surface area contributed by atoms with Crippen molar-refractivity contribution >= 4 is 0 Å². The molecule has 0 aromatic rings. The average Bonchev–Trinajstić information content (AvgIpc) is 1.97. The summed E-state index contributed by atoms with van der Waals surface area (Å²) in [6, 6.07) is 0. The van der Waals surface area contributed by atoms with E-state index in [0.717, 1.165) is 19.4 Å². The van der Waals surface area contributed by atoms with E-state index < -0.39 is 0 Å². The number of hydrogen-bond donors (Lipinski definition) is 1. The molecule has 58 valence electrons. The third-order valence-electron chi connectivity index (χ3n) is 1.35. The molecule has 0 heterocycles. The zero-order valence-corrected chi connectivity index (χ0v) is 6.55. The van der Waals surface area contributed by atoms with Gasteiger partial charge in [0.05, 0.1) is 0 Å². The highest BCUT2D eigenvalue weighted by molar-refractivity contribution is 4.96. The fourth-order valence-electron chi connectivity index (χ4n) is 0.776. The lowest BCUT2D eigenvalue weighted by Gasteiger charge is -1.92. The van der Waals surface area contributed by atoms with Crippen molar-refractivity contribution in [1.29, 1.82) is 0 Å². The predicted octanol–water partition coefficient (Wildman–Crippen LogP) is 2.25. The van der Waals surface area contributed by atoms with Crippen molar-refractivity contribution in [3.8, 4) is 0 Å². The Morgan fingerprint density at radius 2 is 2.00 bits per heavy atom. The lowest BCUT2D eigenvalue weighted by atomic mass is 10.2. The van der Waals surface area contributed by atoms with Crippen LogP contribution in [0.2, 0.25) is 0 Å². The van der Waals surface area contributed by atoms with Crippen molar-refractivity contribution in [2.75, 3.05) is 6.54 Å². The number of nitrogens with two attached hydrogens (primary N) is 1. The smallest absolute Gasteiger partial charge is 0.00773 e. The second-order valence-corrected chi connectivity index (χ2v) is 2.30. The van der Waals surface area contributed by atoms with E-state index in [0.29, 0.717) is 0 Å². The zero-order chi connectivity index (χ0) is 7.66. The lowest BCUT2D eigenvalue weighted by Crippen LogP contribution is -1.97. The van der Waals surface area contributed by atoms with E-state index in [2.05, 4.69) is 12.7 Å². The topological polar surface area (TPSA) is 26.0 Å². The lowest BCUT2D eigenvalue weighted by molar-refractivity contribution is 0.695. The van der Waals surface area contributed by atoms with Gasteiger partial charge in [-0.25, -0.2) is 0 Å². The van der Waals surface area contributed by atoms with E-state index >= 15 is 0 Å². The van der Waals surface area contributed by atoms with Gasteiger partial charge >= 0.3 is 0 Å². The summed E-state index contributed by atoms with van der Waals surface area (Å²) in [4.78, 5) is 0. The molecule has 0 spiro atoms. The molecule has 0 aromatic carbocycles. The molecule has 0 unspecified atom stereocenters. The molecule has 0 rings (SSSR count). The van der Waals surface area contributed by atoms with E-state index in [1.807, 2.05) is 12.2 Å². The van der Waals surface area contributed by atoms with Crippen LogP contribution in [0.25, 0.3) is 0 Å². The average molecular weight is 139 g/mol. The minimum atomic E-state index is 0.825. The number of unbranched alkanes of at least 4 members (excludes halogenated alkanes) is 3. The van der Waals surface area contributed by atoms with Gasteiger partial charge in [-0.1, -0.05) is 31.2 Å². The Morgan fingerprint density at radius 1 is 1.20 bits per heavy atom. The molecule has 1 nitrogen and oxygen atoms in total. The Labute approximate surface area is 63.6 Å². The van der Waals surface area contributed by atoms with Crippen molar-refractivity contribution in [3.05, 3.63) is 24.8 Å². The number of allylic oxidation sites excluding steroid dienone is 3. The van der Waals surface area contributed by atoms with E-state index in [-0.39, 0.29) is 0 Å². The number of hydrogen-bond acceptors (Lipinski definition) is 1. The van der Waals surface area contributed by atoms with Crippen LogP contribution in [0.1, 0.15) is 25.7 Å². The van der Waals surface area contributed by atoms with Crippen molar-refractivity contribution in [2.24, 2.45) is 5.73 Å². The van der Waals surface area contributed by atoms with E-state index in [4.69, 9.17) is 5.73 Å². The minimum absolute atomic E-state index is 0.825. The summed E-state index contributed by atoms with van der Waals surface area (Å²) in [6.45, 7) is 4.41. The van der Waals surface area contributed by atoms with Crippen LogP contribution in [0.4, 0.5) is 0 Å². The molecule has 0 atom stereocenters. The number of rotatable bonds is 6. The van der Waals surface area contributed by atoms with Crippen LogP contribution < -0.4 is 5.73 Å². The summed E-state index contributed by atoms with van der Waals surface area (Å²) in [5, 5.41) is 0. The summed E-state index contributed by atoms with van der Waals surface area (Å²) >= 11 is 0. The van der Waals surface area contributed by atoms with Crippen LogP contribution in [0.3, 0.4) is 0 Å². The van der Waals surface area contributed by atoms with Crippen LogP contribution >= 0.6 is 0 Å². The normalized spacial score (nSPS) is 10.5. The van der Waals surface area contributed by atoms with Crippen LogP contribution in [-0.2, 0) is 0 Å². The highest BCUT2D eigenvalue weighted by Gasteiger charge is 1.82. The molecule has 1 heteroatoms. The molecule has 0 aromatic heterocycles. The van der Waals surface area contributed by atoms with Crippen LogP contribution in [-0.4, -0.2) is 6.54 Å². The monoisotopic (exact) mass is 139 g/mol. The molecule has 0 aliphatic heterocycles. The molecule has 0 aliphatic rings. The Hall–Kier alpha value is -0.560. The Bertz CT molecular complexity index is 94.9. The molecule has 0 bridgehead atoms. The van der Waals surface area contributed by atoms with Gasteiger partial charge in [-0.15, -0.1) is 0 Å². The highest BCUT2D eigenvalue weighted by Crippen LogP contribution is 1.98. The minimum Gasteiger partial charge on any atom is -0.330 e. The van der Waals surface area contributed by atoms with Gasteiger partial charge < -0.3 is 5.73 Å². The molecule has 2 N–H and O–H groups in total. The largest absolute Gasteiger partial charge is 0.330 e. The molecule has 0 saturated heterocycles. The maximum absolute atomic E-state index is 5.34. The molecule has 0 fully saturated rings. The second-order valence-electron chi connectivity index (χ2n) is 2.30. The first-order valence-electron chi connectivity index (χ1n) is 3.89. The van der Waals surface area contributed by atoms with Crippen LogP contribution in [0.5, 0.6) is 0 Å². The van der Waals surface area contributed by atoms with Crippen LogP contribution in [0.15, 0.2) is 24.8 Å². The maximum atomic E-state index is 5.34. The molecular formula is C9H17N. The molecular weight excluding hydrogens is 122 g/mol. The quantitative estimate of drug-likeness (QED) is 0.443. The summed E-state index contributed by atoms with van der Waals surface area (Å²) in [6.07, 6.45) is 10.8. The van der Waals surface area contributed by atoms with Crippen molar-refractivity contribution < 1.29 is 0 Å². The molecule has 10 heavy (non-hydrogen) atoms. The first-order chi connectivity index (χ1) is 4.91. The SMILES string of the molecule is C=C/C=C/CCCCCN. The maximum Gasteiger partial charge on any atom is -0.00773 e. The van der Waals surface area contributed by atoms with Gasteiger partial charge in [0.2, 0.25) is 0 Å². The molecule has 0 amide bonds. The Kier molecular flexibility index (Phi) is 7.97. The van der Waals surface area contributed by atoms with E-state index in [9.17, 15) is 0 Å². The zero-order valence-electron chi connectivity index (χ0n) is 6.55. The van der Waals surface area contributed by atoms with Crippen molar-refractivity contribution in [3.63, 3.8) is 0 Å². The van der Waals surface area contributed by atoms with Gasteiger partial charge in [0.25, 0.3) is 0 Å². The van der Waals surface area contributed by atoms with E-state index in [1.54, 1.807) is 0 Å². The van der Waals surface area contributed by atoms with Crippen LogP contribution in [0, 0.1) is 0 Å². The van der Waals surface area contributed by atoms with Gasteiger partial charge in [0.15, 0.2) is 0 Å². The second kappa shape index (κ2) is 8.44. The summed E-state index contributed by atoms with van der Waals surface area (Å²) < 4.78 is 0. The first-order valence-corrected chi connectivity index (χ1v) is 3.89. The predicted molar refractivity (Wildman–Crippen MR) is 46.9 cm³/mol. The van der Waals surface area contributed by atoms with Gasteiger partial charge in [0, 0.05) is 0 Å². The van der Waals surface area contributed by atoms with Gasteiger partial charge in [-0.05, 0) is 25.8 Å². The van der Waals surface area contributed by atoms with Crippen molar-refractivity contribution in [2.45, 2.75) is 25.7 Å². The fourth-order valence-corrected chi connectivity index (χ4v) is 0.776. The summed E-state index contributed by atoms with van der Waals surface area (Å²) in [7, 11) is 0. The summed E-state index contributed by atoms with van der Waals surface area (Å²) in [5.74, 6) is 0. The van der Waals surface area contributed by atoms with Gasteiger partial charge in [-0.2, -0.15) is 0 Å². The standard InChI is InChI=1S/C9H17N/c1-2-3-4-5-6-7-8-9-10/h2-4H,1,5-10H2/b4-3+. The third kappa shape index (κ3) is 7.44. The molecule has 0 radical (unpaired) electrons. The van der Waals surface area contributed by atoms with Crippen molar-refractivity contribution in [1.82, 2.24) is 0 Å². The molecule has 0 aliphatic carbocycles. The third-order valence-corrected chi connectivity index (χ3v) is 1.35. The Balaban J connectivity index is 2.90. The van der Waals surface area contributed by atoms with Gasteiger partial charge in [-0.3, -0.25) is 0 Å². The Morgan fingerprint density at radius 3 is 2.60 bits per heavy atom.